The molecular weight excluding hydrogens is 329 g/mol. The Kier molecular flexibility index (Phi) is 10.4. The van der Waals surface area contributed by atoms with Crippen molar-refractivity contribution in [3.63, 3.8) is 0 Å². The van der Waals surface area contributed by atoms with Crippen molar-refractivity contribution in [3.8, 4) is 0 Å². The number of nitrogens with one attached hydrogen (secondary N) is 1. The predicted octanol–water partition coefficient (Wildman–Crippen LogP) is 3.55. The highest BCUT2D eigenvalue weighted by molar-refractivity contribution is 7.39. The van der Waals surface area contributed by atoms with Crippen LogP contribution in [-0.2, 0) is 20.4 Å². The van der Waals surface area contributed by atoms with Crippen molar-refractivity contribution in [2.24, 2.45) is 5.92 Å². The van der Waals surface area contributed by atoms with Crippen LogP contribution in [0.3, 0.4) is 0 Å². The van der Waals surface area contributed by atoms with E-state index >= 15 is 0 Å². The molecule has 0 saturated heterocycles. The van der Waals surface area contributed by atoms with Gasteiger partial charge in [0.1, 0.15) is 12.5 Å². The second-order valence-corrected chi connectivity index (χ2v) is 7.33. The molecule has 24 heavy (non-hydrogen) atoms. The second-order valence-electron chi connectivity index (χ2n) is 5.74. The average molecular weight is 357 g/mol. The lowest BCUT2D eigenvalue weighted by Crippen LogP contribution is -2.25. The average Bonchev–Trinajstić information content (AvgIpc) is 2.58. The van der Waals surface area contributed by atoms with Crippen molar-refractivity contribution >= 4 is 14.1 Å². The topological polar surface area (TPSA) is 84.9 Å². The Labute approximate surface area is 144 Å². The Bertz CT molecular complexity index is 497. The molecule has 1 aromatic carbocycles. The van der Waals surface area contributed by atoms with E-state index in [0.717, 1.165) is 18.4 Å². The van der Waals surface area contributed by atoms with E-state index in [1.54, 1.807) is 6.92 Å². The summed E-state index contributed by atoms with van der Waals surface area (Å²) in [5, 5.41) is 12.5. The van der Waals surface area contributed by atoms with E-state index < -0.39 is 20.0 Å². The molecule has 0 fully saturated rings. The maximum atomic E-state index is 11.6. The first-order valence-corrected chi connectivity index (χ1v) is 9.71. The van der Waals surface area contributed by atoms with Gasteiger partial charge in [-0.25, -0.2) is 4.79 Å². The summed E-state index contributed by atoms with van der Waals surface area (Å²) in [6.07, 6.45) is 1.59. The van der Waals surface area contributed by atoms with E-state index in [2.05, 4.69) is 5.32 Å². The highest BCUT2D eigenvalue weighted by atomic mass is 31.1. The van der Waals surface area contributed by atoms with Crippen LogP contribution in [0.2, 0.25) is 0 Å². The molecule has 7 heteroatoms. The molecule has 0 saturated carbocycles. The van der Waals surface area contributed by atoms with Gasteiger partial charge in [0.15, 0.2) is 0 Å². The molecule has 6 nitrogen and oxygen atoms in total. The molecule has 136 valence electrons. The summed E-state index contributed by atoms with van der Waals surface area (Å²) in [4.78, 5) is 11.6. The van der Waals surface area contributed by atoms with Crippen LogP contribution < -0.4 is 5.32 Å². The van der Waals surface area contributed by atoms with Crippen LogP contribution in [-0.4, -0.2) is 30.2 Å². The molecule has 1 aromatic rings. The molecule has 0 aliphatic heterocycles. The van der Waals surface area contributed by atoms with E-state index in [1.807, 2.05) is 37.3 Å². The number of aliphatic hydroxyl groups excluding tert-OH is 1. The third-order valence-corrected chi connectivity index (χ3v) is 4.89. The number of carbonyl (C=O) groups excluding carboxylic acids is 1. The fourth-order valence-corrected chi connectivity index (χ4v) is 3.32. The Hall–Kier alpha value is -1.36. The van der Waals surface area contributed by atoms with E-state index in [1.165, 1.54) is 0 Å². The molecule has 0 aliphatic rings. The maximum absolute atomic E-state index is 11.6. The van der Waals surface area contributed by atoms with Gasteiger partial charge in [-0.2, -0.15) is 0 Å². The van der Waals surface area contributed by atoms with E-state index in [0.29, 0.717) is 19.6 Å². The Morgan fingerprint density at radius 2 is 2.04 bits per heavy atom. The second kappa shape index (κ2) is 12.1. The monoisotopic (exact) mass is 357 g/mol. The Balaban J connectivity index is 2.09. The van der Waals surface area contributed by atoms with Gasteiger partial charge in [0.2, 0.25) is 8.03 Å². The first kappa shape index (κ1) is 20.7. The van der Waals surface area contributed by atoms with Crippen LogP contribution in [0.15, 0.2) is 30.3 Å². The summed E-state index contributed by atoms with van der Waals surface area (Å²) in [7, 11) is -2.37. The lowest BCUT2D eigenvalue weighted by atomic mass is 10.0. The fraction of sp³-hybridized carbons (Fsp3) is 0.588. The molecule has 1 rings (SSSR count). The molecule has 1 amide bonds. The number of hydrogen-bond acceptors (Lipinski definition) is 5. The van der Waals surface area contributed by atoms with Gasteiger partial charge < -0.3 is 19.7 Å². The molecule has 0 aromatic heterocycles. The number of carbonyl (C=O) groups is 1. The van der Waals surface area contributed by atoms with E-state index in [-0.39, 0.29) is 12.5 Å². The van der Waals surface area contributed by atoms with Gasteiger partial charge in [0.25, 0.3) is 0 Å². The van der Waals surface area contributed by atoms with Gasteiger partial charge in [-0.05, 0) is 37.7 Å². The summed E-state index contributed by atoms with van der Waals surface area (Å²) in [5.41, 5.74) is 0.944. The zero-order valence-electron chi connectivity index (χ0n) is 14.4. The van der Waals surface area contributed by atoms with Crippen molar-refractivity contribution in [3.05, 3.63) is 35.9 Å². The SMILES string of the molecule is CCO[PH](=O)C(O)CC(C)CCCNC(=O)OCc1ccccc1. The molecular formula is C17H28NO5P. The lowest BCUT2D eigenvalue weighted by Gasteiger charge is -2.16. The minimum atomic E-state index is -2.37. The normalized spacial score (nSPS) is 14.6. The largest absolute Gasteiger partial charge is 0.445 e. The van der Waals surface area contributed by atoms with Gasteiger partial charge in [-0.1, -0.05) is 37.3 Å². The van der Waals surface area contributed by atoms with Crippen molar-refractivity contribution in [1.82, 2.24) is 5.32 Å². The number of benzene rings is 1. The Morgan fingerprint density at radius 1 is 1.33 bits per heavy atom. The third kappa shape index (κ3) is 9.06. The van der Waals surface area contributed by atoms with E-state index in [4.69, 9.17) is 9.26 Å². The third-order valence-electron chi connectivity index (χ3n) is 3.54. The highest BCUT2D eigenvalue weighted by Gasteiger charge is 2.16. The summed E-state index contributed by atoms with van der Waals surface area (Å²) < 4.78 is 21.6. The van der Waals surface area contributed by atoms with Gasteiger partial charge >= 0.3 is 6.09 Å². The number of ether oxygens (including phenoxy) is 1. The molecule has 0 heterocycles. The predicted molar refractivity (Wildman–Crippen MR) is 94.3 cm³/mol. The quantitative estimate of drug-likeness (QED) is 0.467. The van der Waals surface area contributed by atoms with Gasteiger partial charge in [-0.3, -0.25) is 4.57 Å². The smallest absolute Gasteiger partial charge is 0.407 e. The lowest BCUT2D eigenvalue weighted by molar-refractivity contribution is 0.139. The van der Waals surface area contributed by atoms with Crippen LogP contribution in [0.1, 0.15) is 38.7 Å². The number of aliphatic hydroxyl groups is 1. The summed E-state index contributed by atoms with van der Waals surface area (Å²) in [6.45, 7) is 4.84. The Morgan fingerprint density at radius 3 is 2.71 bits per heavy atom. The summed E-state index contributed by atoms with van der Waals surface area (Å²) in [6, 6.07) is 9.49. The minimum absolute atomic E-state index is 0.205. The van der Waals surface area contributed by atoms with Crippen LogP contribution in [0.25, 0.3) is 0 Å². The van der Waals surface area contributed by atoms with Crippen LogP contribution in [0.4, 0.5) is 4.79 Å². The fourth-order valence-electron chi connectivity index (χ4n) is 2.25. The van der Waals surface area contributed by atoms with Crippen molar-refractivity contribution < 1.29 is 23.7 Å². The van der Waals surface area contributed by atoms with Gasteiger partial charge in [0, 0.05) is 6.54 Å². The van der Waals surface area contributed by atoms with Gasteiger partial charge in [-0.15, -0.1) is 0 Å². The molecule has 0 bridgehead atoms. The summed E-state index contributed by atoms with van der Waals surface area (Å²) >= 11 is 0. The van der Waals surface area contributed by atoms with Crippen LogP contribution >= 0.6 is 8.03 Å². The number of rotatable bonds is 11. The van der Waals surface area contributed by atoms with Crippen molar-refractivity contribution in [2.45, 2.75) is 45.6 Å². The molecule has 0 spiro atoms. The molecule has 0 aliphatic carbocycles. The zero-order chi connectivity index (χ0) is 17.8. The molecule has 2 N–H and O–H groups in total. The molecule has 3 unspecified atom stereocenters. The van der Waals surface area contributed by atoms with E-state index in [9.17, 15) is 14.5 Å². The van der Waals surface area contributed by atoms with Crippen LogP contribution in [0, 0.1) is 5.92 Å². The molecule has 3 atom stereocenters. The standard InChI is InChI=1S/C17H28NO5P/c1-3-23-24(21)16(19)12-14(2)8-7-11-18-17(20)22-13-15-9-5-4-6-10-15/h4-6,9-10,14,16,19,24H,3,7-8,11-13H2,1-2H3,(H,18,20). The first-order valence-electron chi connectivity index (χ1n) is 8.32. The summed E-state index contributed by atoms with van der Waals surface area (Å²) in [5.74, 6) is -0.690. The number of amides is 1. The van der Waals surface area contributed by atoms with Crippen molar-refractivity contribution in [2.75, 3.05) is 13.2 Å². The number of alkyl carbamates (subject to hydrolysis) is 1. The van der Waals surface area contributed by atoms with Crippen LogP contribution in [0.5, 0.6) is 0 Å². The minimum Gasteiger partial charge on any atom is -0.445 e. The van der Waals surface area contributed by atoms with Crippen molar-refractivity contribution in [1.29, 1.82) is 0 Å². The molecule has 0 radical (unpaired) electrons. The number of hydrogen-bond donors (Lipinski definition) is 2. The highest BCUT2D eigenvalue weighted by Crippen LogP contribution is 2.32. The zero-order valence-corrected chi connectivity index (χ0v) is 15.4. The maximum Gasteiger partial charge on any atom is 0.407 e. The first-order chi connectivity index (χ1) is 11.5. The van der Waals surface area contributed by atoms with Gasteiger partial charge in [0.05, 0.1) is 6.61 Å².